The van der Waals surface area contributed by atoms with Crippen molar-refractivity contribution in [3.8, 4) is 5.75 Å². The Bertz CT molecular complexity index is 1180. The highest BCUT2D eigenvalue weighted by molar-refractivity contribution is 6.52. The van der Waals surface area contributed by atoms with Gasteiger partial charge in [0.25, 0.3) is 0 Å². The van der Waals surface area contributed by atoms with Crippen LogP contribution in [0.15, 0.2) is 41.6 Å². The second-order valence-corrected chi connectivity index (χ2v) is 9.14. The molecule has 0 fully saturated rings. The largest absolute Gasteiger partial charge is 0.356 e. The smallest absolute Gasteiger partial charge is 0.215 e. The van der Waals surface area contributed by atoms with Gasteiger partial charge in [-0.1, -0.05) is 58.2 Å². The lowest BCUT2D eigenvalue weighted by Gasteiger charge is -2.17. The summed E-state index contributed by atoms with van der Waals surface area (Å²) in [5.41, 5.74) is 11.3. The zero-order valence-corrected chi connectivity index (χ0v) is 20.7. The van der Waals surface area contributed by atoms with E-state index in [1.54, 1.807) is 0 Å². The molecule has 0 aliphatic carbocycles. The predicted molar refractivity (Wildman–Crippen MR) is 133 cm³/mol. The summed E-state index contributed by atoms with van der Waals surface area (Å²) < 4.78 is 0. The molecule has 3 nitrogen and oxygen atoms in total. The highest BCUT2D eigenvalue weighted by atomic mass is 16.6. The molecule has 0 heterocycles. The summed E-state index contributed by atoms with van der Waals surface area (Å²) >= 11 is 0. The van der Waals surface area contributed by atoms with E-state index < -0.39 is 0 Å². The minimum Gasteiger partial charge on any atom is -0.356 e. The summed E-state index contributed by atoms with van der Waals surface area (Å²) in [5.74, 6) is 0.582. The van der Waals surface area contributed by atoms with Crippen molar-refractivity contribution in [1.82, 2.24) is 0 Å². The molecule has 3 aromatic rings. The van der Waals surface area contributed by atoms with Crippen molar-refractivity contribution in [2.24, 2.45) is 5.16 Å². The maximum Gasteiger partial charge on any atom is 0.215 e. The second kappa shape index (κ2) is 9.12. The normalized spacial score (nSPS) is 11.6. The Hall–Kier alpha value is -3.20. The fourth-order valence-electron chi connectivity index (χ4n) is 4.81. The number of carbonyl (C=O) groups is 1. The molecule has 0 aliphatic heterocycles. The summed E-state index contributed by atoms with van der Waals surface area (Å²) in [6.07, 6.45) is 0. The SMILES string of the molecule is Cc1cc(C)c(ON=C(C(=O)c2c(C)cc(C)cc2C)c2c(C)cc(C)cc2C)c(C)c1. The highest BCUT2D eigenvalue weighted by Gasteiger charge is 2.24. The van der Waals surface area contributed by atoms with Crippen LogP contribution in [0.1, 0.15) is 66.0 Å². The van der Waals surface area contributed by atoms with Gasteiger partial charge in [0.2, 0.25) is 5.78 Å². The van der Waals surface area contributed by atoms with E-state index in [-0.39, 0.29) is 5.78 Å². The van der Waals surface area contributed by atoms with E-state index in [2.05, 4.69) is 43.3 Å². The number of aryl methyl sites for hydroxylation is 9. The van der Waals surface area contributed by atoms with Crippen LogP contribution in [0, 0.1) is 62.3 Å². The molecular weight excluding hydrogens is 394 g/mol. The van der Waals surface area contributed by atoms with Gasteiger partial charge >= 0.3 is 0 Å². The molecule has 0 amide bonds. The van der Waals surface area contributed by atoms with Gasteiger partial charge in [0.15, 0.2) is 11.5 Å². The van der Waals surface area contributed by atoms with Crippen LogP contribution in [0.3, 0.4) is 0 Å². The quantitative estimate of drug-likeness (QED) is 0.247. The Morgan fingerprint density at radius 2 is 0.906 bits per heavy atom. The number of rotatable bonds is 5. The molecule has 32 heavy (non-hydrogen) atoms. The van der Waals surface area contributed by atoms with Gasteiger partial charge in [-0.15, -0.1) is 0 Å². The van der Waals surface area contributed by atoms with Crippen LogP contribution in [0.4, 0.5) is 0 Å². The molecule has 0 N–H and O–H groups in total. The first kappa shape index (κ1) is 23.5. The molecule has 0 unspecified atom stereocenters. The lowest BCUT2D eigenvalue weighted by Crippen LogP contribution is -2.22. The van der Waals surface area contributed by atoms with Crippen molar-refractivity contribution in [2.45, 2.75) is 62.3 Å². The van der Waals surface area contributed by atoms with Crippen molar-refractivity contribution in [2.75, 3.05) is 0 Å². The van der Waals surface area contributed by atoms with Crippen molar-refractivity contribution in [3.05, 3.63) is 97.6 Å². The lowest BCUT2D eigenvalue weighted by atomic mass is 9.88. The molecular formula is C29H33NO2. The van der Waals surface area contributed by atoms with Crippen LogP contribution in [0.25, 0.3) is 0 Å². The Labute approximate surface area is 192 Å². The number of benzene rings is 3. The number of Topliss-reactive ketones (excluding diaryl/α,β-unsaturated/α-hetero) is 1. The minimum atomic E-state index is -0.113. The maximum absolute atomic E-state index is 13.9. The topological polar surface area (TPSA) is 38.7 Å². The zero-order valence-electron chi connectivity index (χ0n) is 20.7. The van der Waals surface area contributed by atoms with E-state index >= 15 is 0 Å². The van der Waals surface area contributed by atoms with E-state index in [1.807, 2.05) is 60.6 Å². The van der Waals surface area contributed by atoms with Gasteiger partial charge in [-0.25, -0.2) is 0 Å². The molecule has 3 heteroatoms. The van der Waals surface area contributed by atoms with Gasteiger partial charge in [-0.3, -0.25) is 4.79 Å². The first-order valence-electron chi connectivity index (χ1n) is 11.0. The molecule has 0 spiro atoms. The number of hydrogen-bond donors (Lipinski definition) is 0. The van der Waals surface area contributed by atoms with E-state index in [4.69, 9.17) is 4.84 Å². The number of oxime groups is 1. The Morgan fingerprint density at radius 3 is 1.31 bits per heavy atom. The van der Waals surface area contributed by atoms with Crippen LogP contribution in [-0.4, -0.2) is 11.5 Å². The van der Waals surface area contributed by atoms with Gasteiger partial charge in [0.05, 0.1) is 0 Å². The molecule has 0 atom stereocenters. The third kappa shape index (κ3) is 4.67. The summed E-state index contributed by atoms with van der Waals surface area (Å²) in [6, 6.07) is 12.4. The third-order valence-electron chi connectivity index (χ3n) is 5.87. The van der Waals surface area contributed by atoms with Crippen molar-refractivity contribution < 1.29 is 9.63 Å². The molecule has 0 aromatic heterocycles. The average Bonchev–Trinajstić information content (AvgIpc) is 2.63. The second-order valence-electron chi connectivity index (χ2n) is 9.14. The molecule has 3 rings (SSSR count). The van der Waals surface area contributed by atoms with Gasteiger partial charge in [-0.2, -0.15) is 0 Å². The van der Waals surface area contributed by atoms with Crippen LogP contribution in [0.2, 0.25) is 0 Å². The number of carbonyl (C=O) groups excluding carboxylic acids is 1. The van der Waals surface area contributed by atoms with E-state index in [0.717, 1.165) is 50.1 Å². The fraction of sp³-hybridized carbons (Fsp3) is 0.310. The van der Waals surface area contributed by atoms with Gasteiger partial charge in [0.1, 0.15) is 0 Å². The third-order valence-corrected chi connectivity index (χ3v) is 5.87. The van der Waals surface area contributed by atoms with Crippen molar-refractivity contribution in [3.63, 3.8) is 0 Å². The fourth-order valence-corrected chi connectivity index (χ4v) is 4.81. The number of nitrogens with zero attached hydrogens (tertiary/aromatic N) is 1. The molecule has 3 aromatic carbocycles. The lowest BCUT2D eigenvalue weighted by molar-refractivity contribution is 0.106. The average molecular weight is 428 g/mol. The summed E-state index contributed by atoms with van der Waals surface area (Å²) in [7, 11) is 0. The van der Waals surface area contributed by atoms with E-state index in [9.17, 15) is 4.79 Å². The molecule has 0 bridgehead atoms. The van der Waals surface area contributed by atoms with Crippen LogP contribution in [0.5, 0.6) is 5.75 Å². The molecule has 166 valence electrons. The zero-order chi connectivity index (χ0) is 23.7. The molecule has 0 aliphatic rings. The molecule has 0 saturated carbocycles. The molecule has 0 radical (unpaired) electrons. The van der Waals surface area contributed by atoms with E-state index in [1.165, 1.54) is 5.56 Å². The predicted octanol–water partition coefficient (Wildman–Crippen LogP) is 7.13. The van der Waals surface area contributed by atoms with Crippen molar-refractivity contribution in [1.29, 1.82) is 0 Å². The van der Waals surface area contributed by atoms with Gasteiger partial charge < -0.3 is 4.84 Å². The van der Waals surface area contributed by atoms with E-state index in [0.29, 0.717) is 17.0 Å². The first-order valence-corrected chi connectivity index (χ1v) is 11.0. The van der Waals surface area contributed by atoms with Crippen molar-refractivity contribution >= 4 is 11.5 Å². The van der Waals surface area contributed by atoms with Crippen LogP contribution >= 0.6 is 0 Å². The minimum absolute atomic E-state index is 0.113. The Kier molecular flexibility index (Phi) is 6.68. The highest BCUT2D eigenvalue weighted by Crippen LogP contribution is 2.27. The Morgan fingerprint density at radius 1 is 0.562 bits per heavy atom. The standard InChI is InChI=1S/C29H33NO2/c1-16-10-19(4)25(20(5)11-16)27(28(31)26-21(6)12-17(2)13-22(26)7)30-32-29-23(8)14-18(3)15-24(29)9/h10-15H,1-9H3. The first-order chi connectivity index (χ1) is 15.0. The van der Waals surface area contributed by atoms with Gasteiger partial charge in [0, 0.05) is 11.1 Å². The van der Waals surface area contributed by atoms with Crippen LogP contribution < -0.4 is 4.84 Å². The number of ketones is 1. The monoisotopic (exact) mass is 427 g/mol. The summed E-state index contributed by atoms with van der Waals surface area (Å²) in [4.78, 5) is 19.9. The summed E-state index contributed by atoms with van der Waals surface area (Å²) in [6.45, 7) is 18.2. The molecule has 0 saturated heterocycles. The maximum atomic E-state index is 13.9. The number of hydrogen-bond acceptors (Lipinski definition) is 3. The summed E-state index contributed by atoms with van der Waals surface area (Å²) in [5, 5.41) is 4.51. The Balaban J connectivity index is 2.22. The van der Waals surface area contributed by atoms with Crippen LogP contribution in [-0.2, 0) is 0 Å². The van der Waals surface area contributed by atoms with Gasteiger partial charge in [-0.05, 0) is 95.7 Å².